The first-order valence-electron chi connectivity index (χ1n) is 10.1. The molecule has 0 heterocycles. The van der Waals surface area contributed by atoms with E-state index in [2.05, 4.69) is 10.6 Å². The SMILES string of the molecule is C[C@H](NC(=O)[C@H](CO)NC(=O)[C@H](CO)NC(=O)[C@@H](N)CCC(=O)O)C(=O)N[C@@H](CC(=O)O)C(=O)O. The van der Waals surface area contributed by atoms with Gasteiger partial charge in [-0.15, -0.1) is 0 Å². The van der Waals surface area contributed by atoms with Gasteiger partial charge in [-0.05, 0) is 13.3 Å². The molecule has 0 saturated heterocycles. The van der Waals surface area contributed by atoms with Crippen molar-refractivity contribution < 1.29 is 59.1 Å². The quantitative estimate of drug-likeness (QED) is 0.0934. The molecular formula is C18H29N5O12. The van der Waals surface area contributed by atoms with E-state index in [0.29, 0.717) is 0 Å². The van der Waals surface area contributed by atoms with Crippen LogP contribution in [0.5, 0.6) is 0 Å². The zero-order valence-electron chi connectivity index (χ0n) is 18.6. The van der Waals surface area contributed by atoms with Crippen molar-refractivity contribution in [2.75, 3.05) is 13.2 Å². The van der Waals surface area contributed by atoms with E-state index in [1.807, 2.05) is 10.6 Å². The lowest BCUT2D eigenvalue weighted by Crippen LogP contribution is -2.59. The molecule has 0 bridgehead atoms. The number of aliphatic hydroxyl groups excluding tert-OH is 2. The van der Waals surface area contributed by atoms with Gasteiger partial charge in [0.15, 0.2) is 0 Å². The van der Waals surface area contributed by atoms with E-state index < -0.39 is 97.8 Å². The number of aliphatic hydroxyl groups is 2. The number of nitrogens with two attached hydrogens (primary N) is 1. The van der Waals surface area contributed by atoms with Crippen molar-refractivity contribution in [1.29, 1.82) is 0 Å². The maximum absolute atomic E-state index is 12.3. The number of hydrogen-bond acceptors (Lipinski definition) is 10. The lowest BCUT2D eigenvalue weighted by atomic mass is 10.1. The molecule has 0 fully saturated rings. The van der Waals surface area contributed by atoms with Gasteiger partial charge in [0, 0.05) is 6.42 Å². The first kappa shape index (κ1) is 31.2. The lowest BCUT2D eigenvalue weighted by Gasteiger charge is -2.23. The standard InChI is InChI=1S/C18H29N5O12/c1-7(14(30)21-9(18(34)35)4-13(28)29)20-16(32)10(5-24)23-17(33)11(6-25)22-15(31)8(19)2-3-12(26)27/h7-11,24-25H,2-6,19H2,1H3,(H,20,32)(H,21,30)(H,22,31)(H,23,33)(H,26,27)(H,28,29)(H,34,35)/t7-,8-,9-,10-,11-/m0/s1. The molecular weight excluding hydrogens is 478 g/mol. The molecule has 0 aliphatic heterocycles. The van der Waals surface area contributed by atoms with Crippen LogP contribution in [-0.4, -0.2) is 110 Å². The lowest BCUT2D eigenvalue weighted by molar-refractivity contribution is -0.147. The number of carboxylic acids is 3. The molecule has 0 spiro atoms. The van der Waals surface area contributed by atoms with Crippen molar-refractivity contribution in [1.82, 2.24) is 21.3 Å². The normalized spacial score (nSPS) is 14.9. The monoisotopic (exact) mass is 507 g/mol. The Hall–Kier alpha value is -3.83. The third-order valence-electron chi connectivity index (χ3n) is 4.38. The van der Waals surface area contributed by atoms with E-state index in [1.54, 1.807) is 0 Å². The van der Waals surface area contributed by atoms with Crippen molar-refractivity contribution in [2.24, 2.45) is 5.73 Å². The predicted molar refractivity (Wildman–Crippen MR) is 112 cm³/mol. The molecule has 17 nitrogen and oxygen atoms in total. The molecule has 11 N–H and O–H groups in total. The zero-order chi connectivity index (χ0) is 27.3. The highest BCUT2D eigenvalue weighted by Gasteiger charge is 2.30. The molecule has 0 aromatic rings. The van der Waals surface area contributed by atoms with Gasteiger partial charge in [-0.1, -0.05) is 0 Å². The average Bonchev–Trinajstić information content (AvgIpc) is 2.77. The van der Waals surface area contributed by atoms with E-state index in [4.69, 9.17) is 21.1 Å². The van der Waals surface area contributed by atoms with Gasteiger partial charge in [0.1, 0.15) is 24.2 Å². The first-order valence-corrected chi connectivity index (χ1v) is 10.1. The van der Waals surface area contributed by atoms with Crippen molar-refractivity contribution in [2.45, 2.75) is 56.4 Å². The van der Waals surface area contributed by atoms with E-state index in [0.717, 1.165) is 6.92 Å². The number of amides is 4. The van der Waals surface area contributed by atoms with Crippen molar-refractivity contribution >= 4 is 41.5 Å². The molecule has 0 saturated carbocycles. The Labute approximate surface area is 198 Å². The first-order chi connectivity index (χ1) is 16.2. The Kier molecular flexibility index (Phi) is 13.5. The Morgan fingerprint density at radius 2 is 1.14 bits per heavy atom. The maximum Gasteiger partial charge on any atom is 0.326 e. The van der Waals surface area contributed by atoms with Crippen LogP contribution in [0.15, 0.2) is 0 Å². The summed E-state index contributed by atoms with van der Waals surface area (Å²) in [5, 5.41) is 53.1. The number of aliphatic carboxylic acids is 3. The van der Waals surface area contributed by atoms with Gasteiger partial charge >= 0.3 is 17.9 Å². The summed E-state index contributed by atoms with van der Waals surface area (Å²) in [6, 6.07) is -7.78. The van der Waals surface area contributed by atoms with Crippen molar-refractivity contribution in [3.05, 3.63) is 0 Å². The number of rotatable bonds is 16. The second-order valence-electron chi connectivity index (χ2n) is 7.25. The van der Waals surface area contributed by atoms with Crippen LogP contribution < -0.4 is 27.0 Å². The summed E-state index contributed by atoms with van der Waals surface area (Å²) in [4.78, 5) is 80.9. The fourth-order valence-electron chi connectivity index (χ4n) is 2.40. The van der Waals surface area contributed by atoms with Crippen LogP contribution in [0.4, 0.5) is 0 Å². The predicted octanol–water partition coefficient (Wildman–Crippen LogP) is -5.32. The summed E-state index contributed by atoms with van der Waals surface area (Å²) >= 11 is 0. The van der Waals surface area contributed by atoms with E-state index >= 15 is 0 Å². The fourth-order valence-corrected chi connectivity index (χ4v) is 2.40. The molecule has 17 heteroatoms. The fraction of sp³-hybridized carbons (Fsp3) is 0.611. The van der Waals surface area contributed by atoms with Crippen LogP contribution >= 0.6 is 0 Å². The van der Waals surface area contributed by atoms with Crippen LogP contribution in [0.2, 0.25) is 0 Å². The van der Waals surface area contributed by atoms with Gasteiger partial charge in [0.25, 0.3) is 0 Å². The zero-order valence-corrected chi connectivity index (χ0v) is 18.6. The Bertz CT molecular complexity index is 820. The molecule has 0 aliphatic carbocycles. The number of hydrogen-bond donors (Lipinski definition) is 10. The summed E-state index contributed by atoms with van der Waals surface area (Å²) < 4.78 is 0. The van der Waals surface area contributed by atoms with Crippen LogP contribution in [0.3, 0.4) is 0 Å². The van der Waals surface area contributed by atoms with E-state index in [1.165, 1.54) is 0 Å². The molecule has 0 aromatic carbocycles. The highest BCUT2D eigenvalue weighted by Crippen LogP contribution is 1.98. The number of carbonyl (C=O) groups is 7. The minimum Gasteiger partial charge on any atom is -0.481 e. The average molecular weight is 507 g/mol. The van der Waals surface area contributed by atoms with Crippen LogP contribution in [0, 0.1) is 0 Å². The Morgan fingerprint density at radius 3 is 1.57 bits per heavy atom. The number of carbonyl (C=O) groups excluding carboxylic acids is 4. The van der Waals surface area contributed by atoms with Gasteiger partial charge in [-0.25, -0.2) is 4.79 Å². The Morgan fingerprint density at radius 1 is 0.686 bits per heavy atom. The summed E-state index contributed by atoms with van der Waals surface area (Å²) in [5.41, 5.74) is 5.51. The molecule has 0 aromatic heterocycles. The van der Waals surface area contributed by atoms with Crippen molar-refractivity contribution in [3.8, 4) is 0 Å². The second-order valence-corrected chi connectivity index (χ2v) is 7.25. The molecule has 198 valence electrons. The third kappa shape index (κ3) is 11.7. The minimum atomic E-state index is -1.77. The Balaban J connectivity index is 5.01. The minimum absolute atomic E-state index is 0.252. The van der Waals surface area contributed by atoms with E-state index in [-0.39, 0.29) is 6.42 Å². The van der Waals surface area contributed by atoms with Crippen LogP contribution in [-0.2, 0) is 33.6 Å². The molecule has 0 radical (unpaired) electrons. The van der Waals surface area contributed by atoms with Crippen LogP contribution in [0.25, 0.3) is 0 Å². The highest BCUT2D eigenvalue weighted by atomic mass is 16.4. The van der Waals surface area contributed by atoms with Gasteiger partial charge in [0.05, 0.1) is 25.7 Å². The molecule has 0 unspecified atom stereocenters. The van der Waals surface area contributed by atoms with Gasteiger partial charge in [-0.3, -0.25) is 28.8 Å². The smallest absolute Gasteiger partial charge is 0.326 e. The summed E-state index contributed by atoms with van der Waals surface area (Å²) in [7, 11) is 0. The van der Waals surface area contributed by atoms with Gasteiger partial charge in [-0.2, -0.15) is 0 Å². The molecule has 0 aliphatic rings. The van der Waals surface area contributed by atoms with Crippen LogP contribution in [0.1, 0.15) is 26.2 Å². The van der Waals surface area contributed by atoms with Gasteiger partial charge in [0.2, 0.25) is 23.6 Å². The second kappa shape index (κ2) is 15.1. The molecule has 0 rings (SSSR count). The maximum atomic E-state index is 12.3. The highest BCUT2D eigenvalue weighted by molar-refractivity contribution is 5.95. The summed E-state index contributed by atoms with van der Waals surface area (Å²) in [6.07, 6.45) is -1.60. The summed E-state index contributed by atoms with van der Waals surface area (Å²) in [5.74, 6) is -8.56. The van der Waals surface area contributed by atoms with Gasteiger partial charge < -0.3 is 52.5 Å². The molecule has 4 amide bonds. The topological polar surface area (TPSA) is 295 Å². The number of nitrogens with one attached hydrogen (secondary N) is 4. The largest absolute Gasteiger partial charge is 0.481 e. The number of carboxylic acid groups (broad SMARTS) is 3. The van der Waals surface area contributed by atoms with Crippen molar-refractivity contribution in [3.63, 3.8) is 0 Å². The third-order valence-corrected chi connectivity index (χ3v) is 4.38. The summed E-state index contributed by atoms with van der Waals surface area (Å²) in [6.45, 7) is -0.798. The molecule has 35 heavy (non-hydrogen) atoms. The van der Waals surface area contributed by atoms with E-state index in [9.17, 15) is 43.8 Å². The molecule has 5 atom stereocenters.